The van der Waals surface area contributed by atoms with Crippen LogP contribution < -0.4 is 5.73 Å². The van der Waals surface area contributed by atoms with Crippen molar-refractivity contribution in [1.82, 2.24) is 14.5 Å². The van der Waals surface area contributed by atoms with Crippen molar-refractivity contribution in [2.75, 3.05) is 5.73 Å². The molecule has 5 atom stereocenters. The van der Waals surface area contributed by atoms with Gasteiger partial charge in [-0.15, -0.1) is 0 Å². The van der Waals surface area contributed by atoms with E-state index in [1.165, 1.54) is 10.9 Å². The average molecular weight is 322 g/mol. The molecule has 0 amide bonds. The van der Waals surface area contributed by atoms with Gasteiger partial charge in [0.1, 0.15) is 23.8 Å². The fourth-order valence-electron chi connectivity index (χ4n) is 2.99. The minimum atomic E-state index is -1.19. The number of aliphatic hydroxyl groups is 3. The van der Waals surface area contributed by atoms with Gasteiger partial charge in [0.05, 0.1) is 18.1 Å². The summed E-state index contributed by atoms with van der Waals surface area (Å²) < 4.78 is 7.26. The van der Waals surface area contributed by atoms with Gasteiger partial charge < -0.3 is 25.8 Å². The van der Waals surface area contributed by atoms with Crippen LogP contribution in [0.2, 0.25) is 0 Å². The molecule has 8 heteroatoms. The number of anilines is 1. The normalized spacial score (nSPS) is 29.5. The maximum atomic E-state index is 10.3. The van der Waals surface area contributed by atoms with E-state index in [4.69, 9.17) is 10.5 Å². The summed E-state index contributed by atoms with van der Waals surface area (Å²) in [5, 5.41) is 30.8. The summed E-state index contributed by atoms with van der Waals surface area (Å²) in [5.41, 5.74) is 7.28. The summed E-state index contributed by atoms with van der Waals surface area (Å²) in [6.45, 7) is 3.93. The predicted octanol–water partition coefficient (Wildman–Crippen LogP) is 0.0397. The molecule has 1 aliphatic heterocycles. The zero-order chi connectivity index (χ0) is 16.7. The quantitative estimate of drug-likeness (QED) is 0.626. The largest absolute Gasteiger partial charge is 0.397 e. The number of rotatable bonds is 4. The highest BCUT2D eigenvalue weighted by atomic mass is 16.6. The van der Waals surface area contributed by atoms with Crippen molar-refractivity contribution in [2.45, 2.75) is 50.9 Å². The lowest BCUT2D eigenvalue weighted by molar-refractivity contribution is -0.0881. The van der Waals surface area contributed by atoms with Gasteiger partial charge in [-0.3, -0.25) is 4.57 Å². The van der Waals surface area contributed by atoms with Crippen LogP contribution in [0.3, 0.4) is 0 Å². The van der Waals surface area contributed by atoms with Crippen molar-refractivity contribution in [2.24, 2.45) is 5.92 Å². The SMILES string of the molecule is CC(C)C[C@@H](O)[C@H]1O[C@@H](n2cnc3c(N)ccnc32)[C@H](O)[C@@H]1O. The van der Waals surface area contributed by atoms with Gasteiger partial charge in [0, 0.05) is 6.20 Å². The van der Waals surface area contributed by atoms with Gasteiger partial charge >= 0.3 is 0 Å². The van der Waals surface area contributed by atoms with Crippen LogP contribution in [-0.2, 0) is 4.74 Å². The smallest absolute Gasteiger partial charge is 0.165 e. The number of hydrogen-bond acceptors (Lipinski definition) is 7. The summed E-state index contributed by atoms with van der Waals surface area (Å²) in [5.74, 6) is 0.243. The topological polar surface area (TPSA) is 127 Å². The van der Waals surface area contributed by atoms with Gasteiger partial charge in [-0.2, -0.15) is 0 Å². The highest BCUT2D eigenvalue weighted by Crippen LogP contribution is 2.34. The fourth-order valence-corrected chi connectivity index (χ4v) is 2.99. The maximum absolute atomic E-state index is 10.3. The van der Waals surface area contributed by atoms with Crippen LogP contribution in [0.1, 0.15) is 26.5 Å². The van der Waals surface area contributed by atoms with Crippen LogP contribution in [0.4, 0.5) is 5.69 Å². The van der Waals surface area contributed by atoms with Gasteiger partial charge in [0.25, 0.3) is 0 Å². The number of pyridine rings is 1. The zero-order valence-electron chi connectivity index (χ0n) is 13.1. The van der Waals surface area contributed by atoms with Crippen LogP contribution in [0.25, 0.3) is 11.2 Å². The number of nitrogens with zero attached hydrogens (tertiary/aromatic N) is 3. The summed E-state index contributed by atoms with van der Waals surface area (Å²) in [6, 6.07) is 1.63. The molecule has 0 saturated carbocycles. The standard InChI is InChI=1S/C15H22N4O4/c1-7(2)5-9(20)13-11(21)12(22)15(23-13)19-6-18-10-8(16)3-4-17-14(10)19/h3-4,6-7,9,11-13,15,20-22H,5H2,1-2H3,(H2,16,17)/t9-,11+,12-,13-,15-/m1/s1. The molecule has 0 unspecified atom stereocenters. The van der Waals surface area contributed by atoms with Crippen molar-refractivity contribution in [1.29, 1.82) is 0 Å². The minimum Gasteiger partial charge on any atom is -0.397 e. The number of aromatic nitrogens is 3. The van der Waals surface area contributed by atoms with Gasteiger partial charge in [-0.05, 0) is 18.4 Å². The van der Waals surface area contributed by atoms with Gasteiger partial charge in [-0.1, -0.05) is 13.8 Å². The lowest BCUT2D eigenvalue weighted by atomic mass is 9.98. The van der Waals surface area contributed by atoms with Crippen molar-refractivity contribution < 1.29 is 20.1 Å². The van der Waals surface area contributed by atoms with E-state index in [1.54, 1.807) is 12.3 Å². The van der Waals surface area contributed by atoms with Crippen molar-refractivity contribution in [3.63, 3.8) is 0 Å². The Kier molecular flexibility index (Phi) is 4.24. The Morgan fingerprint density at radius 1 is 1.30 bits per heavy atom. The molecule has 3 rings (SSSR count). The summed E-state index contributed by atoms with van der Waals surface area (Å²) >= 11 is 0. The van der Waals surface area contributed by atoms with Gasteiger partial charge in [-0.25, -0.2) is 9.97 Å². The van der Waals surface area contributed by atoms with E-state index in [1.807, 2.05) is 13.8 Å². The number of imidazole rings is 1. The van der Waals surface area contributed by atoms with Crippen LogP contribution in [0.5, 0.6) is 0 Å². The Balaban J connectivity index is 1.89. The van der Waals surface area contributed by atoms with E-state index in [0.717, 1.165) is 0 Å². The molecule has 1 aliphatic rings. The fraction of sp³-hybridized carbons (Fsp3) is 0.600. The van der Waals surface area contributed by atoms with E-state index in [-0.39, 0.29) is 5.92 Å². The monoisotopic (exact) mass is 322 g/mol. The van der Waals surface area contributed by atoms with Crippen LogP contribution in [0.15, 0.2) is 18.6 Å². The Morgan fingerprint density at radius 3 is 2.74 bits per heavy atom. The first-order chi connectivity index (χ1) is 10.9. The first kappa shape index (κ1) is 16.1. The van der Waals surface area contributed by atoms with E-state index in [9.17, 15) is 15.3 Å². The number of nitrogen functional groups attached to an aromatic ring is 1. The third-order valence-electron chi connectivity index (χ3n) is 4.13. The van der Waals surface area contributed by atoms with Crippen LogP contribution in [0, 0.1) is 5.92 Å². The second-order valence-electron chi connectivity index (χ2n) is 6.39. The first-order valence-corrected chi connectivity index (χ1v) is 7.66. The van der Waals surface area contributed by atoms with Crippen molar-refractivity contribution >= 4 is 16.9 Å². The number of ether oxygens (including phenoxy) is 1. The Bertz CT molecular complexity index is 689. The lowest BCUT2D eigenvalue weighted by Gasteiger charge is -2.22. The van der Waals surface area contributed by atoms with E-state index < -0.39 is 30.6 Å². The van der Waals surface area contributed by atoms with Gasteiger partial charge in [0.2, 0.25) is 0 Å². The number of nitrogens with two attached hydrogens (primary N) is 1. The molecule has 2 aromatic heterocycles. The number of aliphatic hydroxyl groups excluding tert-OH is 3. The molecule has 5 N–H and O–H groups in total. The first-order valence-electron chi connectivity index (χ1n) is 7.66. The zero-order valence-corrected chi connectivity index (χ0v) is 13.1. The number of fused-ring (bicyclic) bond motifs is 1. The lowest BCUT2D eigenvalue weighted by Crippen LogP contribution is -2.39. The molecular formula is C15H22N4O4. The Labute approximate surface area is 133 Å². The highest BCUT2D eigenvalue weighted by molar-refractivity contribution is 5.83. The van der Waals surface area contributed by atoms with Crippen molar-refractivity contribution in [3.8, 4) is 0 Å². The van der Waals surface area contributed by atoms with E-state index in [0.29, 0.717) is 23.3 Å². The third-order valence-corrected chi connectivity index (χ3v) is 4.13. The molecule has 0 radical (unpaired) electrons. The molecule has 126 valence electrons. The average Bonchev–Trinajstić information content (AvgIpc) is 3.02. The summed E-state index contributed by atoms with van der Waals surface area (Å²) in [4.78, 5) is 8.39. The third kappa shape index (κ3) is 2.78. The molecule has 3 heterocycles. The van der Waals surface area contributed by atoms with Gasteiger partial charge in [0.15, 0.2) is 11.9 Å². The molecule has 1 fully saturated rings. The molecule has 0 spiro atoms. The molecule has 0 aliphatic carbocycles. The molecular weight excluding hydrogens is 300 g/mol. The minimum absolute atomic E-state index is 0.243. The molecule has 0 bridgehead atoms. The predicted molar refractivity (Wildman–Crippen MR) is 83.3 cm³/mol. The highest BCUT2D eigenvalue weighted by Gasteiger charge is 2.47. The number of hydrogen-bond donors (Lipinski definition) is 4. The van der Waals surface area contributed by atoms with Crippen LogP contribution in [-0.4, -0.2) is 54.3 Å². The second-order valence-corrected chi connectivity index (χ2v) is 6.39. The van der Waals surface area contributed by atoms with Crippen LogP contribution >= 0.6 is 0 Å². The molecule has 0 aromatic carbocycles. The Hall–Kier alpha value is -1.74. The molecule has 8 nitrogen and oxygen atoms in total. The van der Waals surface area contributed by atoms with E-state index >= 15 is 0 Å². The van der Waals surface area contributed by atoms with Crippen molar-refractivity contribution in [3.05, 3.63) is 18.6 Å². The molecule has 1 saturated heterocycles. The summed E-state index contributed by atoms with van der Waals surface area (Å²) in [7, 11) is 0. The maximum Gasteiger partial charge on any atom is 0.165 e. The summed E-state index contributed by atoms with van der Waals surface area (Å²) in [6.07, 6.45) is -1.51. The second kappa shape index (κ2) is 6.04. The molecule has 2 aromatic rings. The molecule has 23 heavy (non-hydrogen) atoms. The Morgan fingerprint density at radius 2 is 2.04 bits per heavy atom. The van der Waals surface area contributed by atoms with E-state index in [2.05, 4.69) is 9.97 Å².